The SMILES string of the molecule is Cc1cccnc1Nc1nc(C)c([C@H](OC(C)(C)C)C(=O)O)c(N2CCC(C)(C)CC2)c1-c1ccc(OCCc2ccc(F)cc2)cc1. The molecule has 254 valence electrons. The molecule has 0 radical (unpaired) electrons. The Labute approximate surface area is 283 Å². The number of piperidine rings is 1. The van der Waals surface area contributed by atoms with Gasteiger partial charge in [-0.3, -0.25) is 0 Å². The number of carboxylic acids is 1. The summed E-state index contributed by atoms with van der Waals surface area (Å²) in [5, 5.41) is 14.1. The zero-order valence-corrected chi connectivity index (χ0v) is 29.1. The summed E-state index contributed by atoms with van der Waals surface area (Å²) in [6, 6.07) is 18.1. The molecule has 0 saturated carbocycles. The Bertz CT molecular complexity index is 1720. The third-order valence-electron chi connectivity index (χ3n) is 8.75. The molecule has 2 aromatic carbocycles. The minimum Gasteiger partial charge on any atom is -0.493 e. The lowest BCUT2D eigenvalue weighted by Gasteiger charge is -2.41. The van der Waals surface area contributed by atoms with Gasteiger partial charge in [0.2, 0.25) is 0 Å². The van der Waals surface area contributed by atoms with E-state index in [0.717, 1.165) is 53.9 Å². The van der Waals surface area contributed by atoms with Crippen molar-refractivity contribution in [1.29, 1.82) is 0 Å². The lowest BCUT2D eigenvalue weighted by molar-refractivity contribution is -0.160. The van der Waals surface area contributed by atoms with Gasteiger partial charge >= 0.3 is 5.97 Å². The van der Waals surface area contributed by atoms with Crippen molar-refractivity contribution in [3.8, 4) is 16.9 Å². The van der Waals surface area contributed by atoms with Crippen LogP contribution in [0.4, 0.5) is 21.7 Å². The highest BCUT2D eigenvalue weighted by atomic mass is 19.1. The van der Waals surface area contributed by atoms with Crippen LogP contribution in [0.1, 0.15) is 75.9 Å². The number of aromatic nitrogens is 2. The molecule has 5 rings (SSSR count). The maximum atomic E-state index is 13.3. The standard InChI is InChI=1S/C39H47FN4O4/c1-25-9-8-21-41-35(25)43-36-32(28-12-16-30(17-13-28)47-24-18-27-10-14-29(40)15-11-27)33(44-22-19-39(6,7)20-23-44)31(26(2)42-36)34(37(45)46)48-38(3,4)5/h8-17,21,34H,18-20,22-24H2,1-7H3,(H,45,46)(H,41,42,43)/t34-/m0/s1. The van der Waals surface area contributed by atoms with Gasteiger partial charge < -0.3 is 24.8 Å². The molecule has 2 N–H and O–H groups in total. The van der Waals surface area contributed by atoms with Crippen LogP contribution >= 0.6 is 0 Å². The van der Waals surface area contributed by atoms with E-state index in [4.69, 9.17) is 14.5 Å². The van der Waals surface area contributed by atoms with E-state index in [0.29, 0.717) is 41.7 Å². The molecule has 4 aromatic rings. The second-order valence-corrected chi connectivity index (χ2v) is 14.3. The second-order valence-electron chi connectivity index (χ2n) is 14.3. The molecule has 1 aliphatic heterocycles. The number of aliphatic carboxylic acids is 1. The van der Waals surface area contributed by atoms with Crippen LogP contribution < -0.4 is 15.0 Å². The number of nitrogens with one attached hydrogen (secondary N) is 1. The minimum absolute atomic E-state index is 0.173. The van der Waals surface area contributed by atoms with Gasteiger partial charge in [0, 0.05) is 42.5 Å². The molecule has 1 atom stereocenters. The van der Waals surface area contributed by atoms with E-state index in [1.165, 1.54) is 12.1 Å². The number of halogens is 1. The van der Waals surface area contributed by atoms with Gasteiger partial charge in [-0.2, -0.15) is 0 Å². The summed E-state index contributed by atoms with van der Waals surface area (Å²) >= 11 is 0. The Balaban J connectivity index is 1.63. The van der Waals surface area contributed by atoms with Crippen molar-refractivity contribution >= 4 is 23.3 Å². The first-order valence-corrected chi connectivity index (χ1v) is 16.6. The zero-order valence-electron chi connectivity index (χ0n) is 29.1. The molecule has 9 heteroatoms. The molecule has 8 nitrogen and oxygen atoms in total. The largest absolute Gasteiger partial charge is 0.493 e. The molecular weight excluding hydrogens is 607 g/mol. The zero-order chi connectivity index (χ0) is 34.6. The van der Waals surface area contributed by atoms with Gasteiger partial charge in [-0.05, 0) is 99.9 Å². The lowest BCUT2D eigenvalue weighted by Crippen LogP contribution is -2.39. The molecule has 2 aromatic heterocycles. The fourth-order valence-corrected chi connectivity index (χ4v) is 6.01. The van der Waals surface area contributed by atoms with Crippen molar-refractivity contribution in [2.24, 2.45) is 5.41 Å². The average Bonchev–Trinajstić information content (AvgIpc) is 3.02. The fraction of sp³-hybridized carbons (Fsp3) is 0.410. The van der Waals surface area contributed by atoms with Gasteiger partial charge in [-0.1, -0.05) is 44.2 Å². The quantitative estimate of drug-likeness (QED) is 0.166. The van der Waals surface area contributed by atoms with Crippen molar-refractivity contribution in [1.82, 2.24) is 9.97 Å². The summed E-state index contributed by atoms with van der Waals surface area (Å²) in [5.41, 5.74) is 4.96. The van der Waals surface area contributed by atoms with Gasteiger partial charge in [0.1, 0.15) is 23.2 Å². The molecule has 1 saturated heterocycles. The first-order chi connectivity index (χ1) is 22.7. The average molecular weight is 655 g/mol. The van der Waals surface area contributed by atoms with E-state index >= 15 is 0 Å². The van der Waals surface area contributed by atoms with Crippen LogP contribution in [0, 0.1) is 25.1 Å². The Morgan fingerprint density at radius 1 is 1.02 bits per heavy atom. The maximum absolute atomic E-state index is 13.3. The third kappa shape index (κ3) is 8.50. The first kappa shape index (κ1) is 34.8. The Morgan fingerprint density at radius 3 is 2.29 bits per heavy atom. The third-order valence-corrected chi connectivity index (χ3v) is 8.75. The summed E-state index contributed by atoms with van der Waals surface area (Å²) in [5.74, 6) is 0.624. The van der Waals surface area contributed by atoms with Crippen LogP contribution in [0.25, 0.3) is 11.1 Å². The van der Waals surface area contributed by atoms with E-state index in [2.05, 4.69) is 29.0 Å². The second kappa shape index (κ2) is 14.3. The van der Waals surface area contributed by atoms with Crippen LogP contribution in [0.3, 0.4) is 0 Å². The van der Waals surface area contributed by atoms with Gasteiger partial charge in [0.25, 0.3) is 0 Å². The number of carboxylic acid groups (broad SMARTS) is 1. The van der Waals surface area contributed by atoms with E-state index < -0.39 is 17.7 Å². The first-order valence-electron chi connectivity index (χ1n) is 16.6. The molecule has 0 unspecified atom stereocenters. The summed E-state index contributed by atoms with van der Waals surface area (Å²) in [6.45, 7) is 15.9. The maximum Gasteiger partial charge on any atom is 0.337 e. The molecule has 0 amide bonds. The summed E-state index contributed by atoms with van der Waals surface area (Å²) in [6.07, 6.45) is 3.05. The number of benzene rings is 2. The molecule has 0 spiro atoms. The van der Waals surface area contributed by atoms with Crippen molar-refractivity contribution in [3.05, 3.63) is 95.1 Å². The number of rotatable bonds is 11. The molecule has 0 bridgehead atoms. The minimum atomic E-state index is -1.24. The van der Waals surface area contributed by atoms with E-state index in [1.54, 1.807) is 18.3 Å². The van der Waals surface area contributed by atoms with Crippen molar-refractivity contribution in [2.45, 2.75) is 79.4 Å². The summed E-state index contributed by atoms with van der Waals surface area (Å²) in [4.78, 5) is 24.9. The summed E-state index contributed by atoms with van der Waals surface area (Å²) in [7, 11) is 0. The number of hydrogen-bond acceptors (Lipinski definition) is 7. The van der Waals surface area contributed by atoms with Crippen LogP contribution in [-0.2, 0) is 16.0 Å². The molecule has 1 fully saturated rings. The normalized spacial score (nSPS) is 15.2. The molecule has 1 aliphatic rings. The van der Waals surface area contributed by atoms with Gasteiger partial charge in [0.05, 0.1) is 17.9 Å². The number of nitrogens with zero attached hydrogens (tertiary/aromatic N) is 3. The Hall–Kier alpha value is -4.50. The fourth-order valence-electron chi connectivity index (χ4n) is 6.01. The van der Waals surface area contributed by atoms with E-state index in [1.807, 2.05) is 71.0 Å². The number of pyridine rings is 2. The van der Waals surface area contributed by atoms with Crippen molar-refractivity contribution in [2.75, 3.05) is 29.9 Å². The van der Waals surface area contributed by atoms with Crippen molar-refractivity contribution in [3.63, 3.8) is 0 Å². The number of anilines is 3. The summed E-state index contributed by atoms with van der Waals surface area (Å²) < 4.78 is 25.7. The van der Waals surface area contributed by atoms with Crippen LogP contribution in [0.2, 0.25) is 0 Å². The van der Waals surface area contributed by atoms with E-state index in [-0.39, 0.29) is 11.2 Å². The number of aryl methyl sites for hydroxylation is 2. The molecular formula is C39H47FN4O4. The topological polar surface area (TPSA) is 96.8 Å². The Kier molecular flexibility index (Phi) is 10.4. The number of carbonyl (C=O) groups is 1. The highest BCUT2D eigenvalue weighted by Crippen LogP contribution is 2.47. The van der Waals surface area contributed by atoms with Crippen LogP contribution in [0.5, 0.6) is 5.75 Å². The number of ether oxygens (including phenoxy) is 2. The molecule has 48 heavy (non-hydrogen) atoms. The van der Waals surface area contributed by atoms with Gasteiger partial charge in [-0.25, -0.2) is 19.2 Å². The van der Waals surface area contributed by atoms with Crippen LogP contribution in [0.15, 0.2) is 66.9 Å². The van der Waals surface area contributed by atoms with Crippen LogP contribution in [-0.4, -0.2) is 46.3 Å². The molecule has 3 heterocycles. The van der Waals surface area contributed by atoms with Gasteiger partial charge in [0.15, 0.2) is 6.10 Å². The highest BCUT2D eigenvalue weighted by molar-refractivity contribution is 5.93. The van der Waals surface area contributed by atoms with Gasteiger partial charge in [-0.15, -0.1) is 0 Å². The monoisotopic (exact) mass is 654 g/mol. The van der Waals surface area contributed by atoms with E-state index in [9.17, 15) is 14.3 Å². The Morgan fingerprint density at radius 2 is 1.69 bits per heavy atom. The predicted molar refractivity (Wildman–Crippen MR) is 189 cm³/mol. The smallest absolute Gasteiger partial charge is 0.337 e. The van der Waals surface area contributed by atoms with Crippen molar-refractivity contribution < 1.29 is 23.8 Å². The molecule has 0 aliphatic carbocycles. The highest BCUT2D eigenvalue weighted by Gasteiger charge is 2.37. The lowest BCUT2D eigenvalue weighted by atomic mass is 9.82. The predicted octanol–water partition coefficient (Wildman–Crippen LogP) is 8.83. The number of hydrogen-bond donors (Lipinski definition) is 2.